The van der Waals surface area contributed by atoms with Gasteiger partial charge >= 0.3 is 7.60 Å². The smallest absolute Gasteiger partial charge is 0.414 e. The monoisotopic (exact) mass is 480 g/mol. The predicted octanol–water partition coefficient (Wildman–Crippen LogP) is 6.94. The van der Waals surface area contributed by atoms with Crippen molar-refractivity contribution in [1.29, 1.82) is 0 Å². The average molecular weight is 482 g/mol. The summed E-state index contributed by atoms with van der Waals surface area (Å²) in [5.74, 6) is 0.918. The van der Waals surface area contributed by atoms with Gasteiger partial charge in [-0.1, -0.05) is 98.6 Å². The maximum Gasteiger partial charge on any atom is 0.462 e. The Morgan fingerprint density at radius 1 is 0.640 bits per heavy atom. The molecule has 0 aliphatic rings. The largest absolute Gasteiger partial charge is 0.462 e. The van der Waals surface area contributed by atoms with Crippen LogP contribution >= 0.6 is 39.5 Å². The molecule has 0 bridgehead atoms. The molecule has 0 saturated carbocycles. The third-order valence-corrected chi connectivity index (χ3v) is 8.77. The molecule has 3 nitrogen and oxygen atoms in total. The van der Waals surface area contributed by atoms with Crippen LogP contribution in [0.15, 0.2) is 91.0 Å². The zero-order chi connectivity index (χ0) is 17.8. The molecule has 0 aliphatic carbocycles. The van der Waals surface area contributed by atoms with Gasteiger partial charge in [0.25, 0.3) is 0 Å². The highest BCUT2D eigenvalue weighted by Crippen LogP contribution is 2.70. The van der Waals surface area contributed by atoms with Crippen molar-refractivity contribution in [2.24, 2.45) is 0 Å². The van der Waals surface area contributed by atoms with E-state index in [1.807, 2.05) is 66.7 Å². The minimum atomic E-state index is -3.75. The molecule has 0 atom stereocenters. The topological polar surface area (TPSA) is 35.5 Å². The molecule has 6 heteroatoms. The van der Waals surface area contributed by atoms with E-state index in [0.29, 0.717) is 11.5 Å². The van der Waals surface area contributed by atoms with Gasteiger partial charge in [-0.15, -0.1) is 0 Å². The van der Waals surface area contributed by atoms with Gasteiger partial charge in [-0.3, -0.25) is 0 Å². The van der Waals surface area contributed by atoms with Crippen molar-refractivity contribution in [2.45, 2.75) is 2.97 Å². The van der Waals surface area contributed by atoms with E-state index in [2.05, 4.69) is 31.9 Å². The quantitative estimate of drug-likeness (QED) is 0.282. The van der Waals surface area contributed by atoms with E-state index in [-0.39, 0.29) is 0 Å². The zero-order valence-corrected chi connectivity index (χ0v) is 17.2. The fourth-order valence-electron chi connectivity index (χ4n) is 2.17. The molecule has 0 amide bonds. The van der Waals surface area contributed by atoms with Crippen LogP contribution in [-0.2, 0) is 7.54 Å². The summed E-state index contributed by atoms with van der Waals surface area (Å²) in [6.07, 6.45) is 0. The number of rotatable bonds is 6. The van der Waals surface area contributed by atoms with Gasteiger partial charge in [0.2, 0.25) is 2.97 Å². The SMILES string of the molecule is O=P(Oc1ccccc1)(Oc1ccccc1)C(Br)(Br)c1ccccc1. The first-order chi connectivity index (χ1) is 12.0. The van der Waals surface area contributed by atoms with Crippen LogP contribution in [0.3, 0.4) is 0 Å². The van der Waals surface area contributed by atoms with Gasteiger partial charge < -0.3 is 9.05 Å². The third-order valence-electron chi connectivity index (χ3n) is 3.40. The molecule has 128 valence electrons. The highest BCUT2D eigenvalue weighted by molar-refractivity contribution is 9.26. The lowest BCUT2D eigenvalue weighted by Gasteiger charge is -2.30. The summed E-state index contributed by atoms with van der Waals surface area (Å²) >= 11 is 7.06. The Balaban J connectivity index is 2.03. The molecule has 0 aliphatic heterocycles. The summed E-state index contributed by atoms with van der Waals surface area (Å²) in [5.41, 5.74) is 0.727. The molecule has 0 N–H and O–H groups in total. The highest BCUT2D eigenvalue weighted by atomic mass is 79.9. The Labute approximate surface area is 163 Å². The van der Waals surface area contributed by atoms with E-state index in [4.69, 9.17) is 9.05 Å². The Hall–Kier alpha value is -1.55. The molecule has 0 radical (unpaired) electrons. The second kappa shape index (κ2) is 7.77. The van der Waals surface area contributed by atoms with E-state index in [1.54, 1.807) is 24.3 Å². The first-order valence-electron chi connectivity index (χ1n) is 7.54. The molecule has 0 saturated heterocycles. The van der Waals surface area contributed by atoms with Crippen molar-refractivity contribution in [3.8, 4) is 11.5 Å². The normalized spacial score (nSPS) is 11.8. The molecular formula is C19H15Br2O3P. The minimum absolute atomic E-state index is 0.459. The molecule has 0 unspecified atom stereocenters. The van der Waals surface area contributed by atoms with Crippen molar-refractivity contribution >= 4 is 39.5 Å². The standard InChI is InChI=1S/C19H15Br2O3P/c20-19(21,16-10-4-1-5-11-16)25(22,23-17-12-6-2-7-13-17)24-18-14-8-3-9-15-18/h1-15H. The predicted molar refractivity (Wildman–Crippen MR) is 108 cm³/mol. The van der Waals surface area contributed by atoms with Gasteiger partial charge in [0.05, 0.1) is 0 Å². The van der Waals surface area contributed by atoms with Crippen LogP contribution in [0.4, 0.5) is 0 Å². The molecule has 3 aromatic carbocycles. The van der Waals surface area contributed by atoms with Crippen LogP contribution in [0, 0.1) is 0 Å². The Bertz CT molecular complexity index is 810. The van der Waals surface area contributed by atoms with Gasteiger partial charge in [0, 0.05) is 0 Å². The van der Waals surface area contributed by atoms with E-state index in [0.717, 1.165) is 5.56 Å². The van der Waals surface area contributed by atoms with Gasteiger partial charge in [-0.05, 0) is 29.8 Å². The van der Waals surface area contributed by atoms with Crippen LogP contribution < -0.4 is 9.05 Å². The first kappa shape index (κ1) is 18.2. The van der Waals surface area contributed by atoms with Crippen LogP contribution in [-0.4, -0.2) is 0 Å². The van der Waals surface area contributed by atoms with Gasteiger partial charge in [0.15, 0.2) is 0 Å². The number of benzene rings is 3. The maximum absolute atomic E-state index is 13.8. The number of halogens is 2. The Morgan fingerprint density at radius 2 is 1.00 bits per heavy atom. The number of alkyl halides is 2. The van der Waals surface area contributed by atoms with E-state index >= 15 is 0 Å². The summed E-state index contributed by atoms with van der Waals surface area (Å²) < 4.78 is 24.4. The molecular weight excluding hydrogens is 467 g/mol. The fraction of sp³-hybridized carbons (Fsp3) is 0.0526. The van der Waals surface area contributed by atoms with Crippen molar-refractivity contribution < 1.29 is 13.6 Å². The molecule has 3 rings (SSSR count). The third kappa shape index (κ3) is 4.17. The molecule has 0 spiro atoms. The minimum Gasteiger partial charge on any atom is -0.414 e. The summed E-state index contributed by atoms with van der Waals surface area (Å²) in [5, 5.41) is 0. The van der Waals surface area contributed by atoms with Crippen molar-refractivity contribution in [3.05, 3.63) is 96.6 Å². The molecule has 0 fully saturated rings. The van der Waals surface area contributed by atoms with Crippen molar-refractivity contribution in [1.82, 2.24) is 0 Å². The van der Waals surface area contributed by atoms with Crippen LogP contribution in [0.1, 0.15) is 5.56 Å². The molecule has 0 aromatic heterocycles. The van der Waals surface area contributed by atoms with E-state index in [1.165, 1.54) is 0 Å². The van der Waals surface area contributed by atoms with Crippen LogP contribution in [0.25, 0.3) is 0 Å². The number of para-hydroxylation sites is 2. The summed E-state index contributed by atoms with van der Waals surface area (Å²) in [6, 6.07) is 27.2. The van der Waals surface area contributed by atoms with Gasteiger partial charge in [-0.25, -0.2) is 4.57 Å². The number of hydrogen-bond donors (Lipinski definition) is 0. The van der Waals surface area contributed by atoms with E-state index < -0.39 is 10.6 Å². The zero-order valence-electron chi connectivity index (χ0n) is 13.1. The second-order valence-corrected chi connectivity index (χ2v) is 11.9. The first-order valence-corrected chi connectivity index (χ1v) is 10.7. The fourth-order valence-corrected chi connectivity index (χ4v) is 5.10. The average Bonchev–Trinajstić information content (AvgIpc) is 2.64. The Kier molecular flexibility index (Phi) is 5.67. The van der Waals surface area contributed by atoms with Crippen LogP contribution in [0.2, 0.25) is 0 Å². The lowest BCUT2D eigenvalue weighted by Crippen LogP contribution is -2.18. The maximum atomic E-state index is 13.8. The highest BCUT2D eigenvalue weighted by Gasteiger charge is 2.52. The van der Waals surface area contributed by atoms with Crippen molar-refractivity contribution in [3.63, 3.8) is 0 Å². The van der Waals surface area contributed by atoms with Crippen molar-refractivity contribution in [2.75, 3.05) is 0 Å². The Morgan fingerprint density at radius 3 is 1.40 bits per heavy atom. The summed E-state index contributed by atoms with van der Waals surface area (Å²) in [7, 11) is -3.75. The molecule has 25 heavy (non-hydrogen) atoms. The lowest BCUT2D eigenvalue weighted by molar-refractivity contribution is 0.381. The van der Waals surface area contributed by atoms with Gasteiger partial charge in [0.1, 0.15) is 11.5 Å². The lowest BCUT2D eigenvalue weighted by atomic mass is 10.2. The number of hydrogen-bond acceptors (Lipinski definition) is 3. The summed E-state index contributed by atoms with van der Waals surface area (Å²) in [4.78, 5) is 0. The second-order valence-electron chi connectivity index (χ2n) is 5.21. The molecule has 3 aromatic rings. The van der Waals surface area contributed by atoms with Gasteiger partial charge in [-0.2, -0.15) is 0 Å². The van der Waals surface area contributed by atoms with E-state index in [9.17, 15) is 4.57 Å². The van der Waals surface area contributed by atoms with Crippen LogP contribution in [0.5, 0.6) is 11.5 Å². The molecule has 0 heterocycles. The summed E-state index contributed by atoms with van der Waals surface area (Å²) in [6.45, 7) is 0.